The molecule has 0 unspecified atom stereocenters. The van der Waals surface area contributed by atoms with Crippen LogP contribution in [0.3, 0.4) is 0 Å². The molecule has 0 fully saturated rings. The van der Waals surface area contributed by atoms with Gasteiger partial charge < -0.3 is 9.64 Å². The molecule has 29 heavy (non-hydrogen) atoms. The first kappa shape index (κ1) is 21.0. The summed E-state index contributed by atoms with van der Waals surface area (Å²) in [4.78, 5) is 26.2. The lowest BCUT2D eigenvalue weighted by Gasteiger charge is -2.30. The van der Waals surface area contributed by atoms with Crippen LogP contribution in [0.15, 0.2) is 53.4 Å². The highest BCUT2D eigenvalue weighted by Crippen LogP contribution is 2.20. The Morgan fingerprint density at radius 2 is 1.76 bits per heavy atom. The van der Waals surface area contributed by atoms with Crippen LogP contribution in [0.2, 0.25) is 0 Å². The summed E-state index contributed by atoms with van der Waals surface area (Å²) in [6.45, 7) is 2.47. The first-order valence-electron chi connectivity index (χ1n) is 9.29. The maximum Gasteiger partial charge on any atom is 0.307 e. The fraction of sp³-hybridized carbons (Fsp3) is 0.333. The summed E-state index contributed by atoms with van der Waals surface area (Å²) in [5, 5.41) is 0. The van der Waals surface area contributed by atoms with E-state index < -0.39 is 33.5 Å². The second-order valence-electron chi connectivity index (χ2n) is 6.93. The van der Waals surface area contributed by atoms with E-state index in [2.05, 4.69) is 0 Å². The number of esters is 1. The standard InChI is InChI=1S/C21H22FNO5S/c1-15(21(25)23-12-10-16-4-2-3-5-17(16)14-23)28-20(24)11-13-29(26,27)19-8-6-18(22)7-9-19/h2-9,15H,10-14H2,1H3/t15-/m1/s1. The minimum absolute atomic E-state index is 0.0668. The van der Waals surface area contributed by atoms with E-state index >= 15 is 0 Å². The Labute approximate surface area is 169 Å². The van der Waals surface area contributed by atoms with E-state index in [1.165, 1.54) is 12.5 Å². The Morgan fingerprint density at radius 3 is 2.45 bits per heavy atom. The van der Waals surface area contributed by atoms with Crippen LogP contribution in [0, 0.1) is 5.82 Å². The van der Waals surface area contributed by atoms with Crippen LogP contribution in [-0.2, 0) is 37.1 Å². The molecule has 0 spiro atoms. The molecule has 1 aliphatic heterocycles. The number of sulfone groups is 1. The number of hydrogen-bond donors (Lipinski definition) is 0. The van der Waals surface area contributed by atoms with Gasteiger partial charge in [-0.3, -0.25) is 9.59 Å². The molecule has 0 N–H and O–H groups in total. The molecule has 6 nitrogen and oxygen atoms in total. The first-order chi connectivity index (χ1) is 13.8. The second kappa shape index (κ2) is 8.73. The van der Waals surface area contributed by atoms with Gasteiger partial charge in [-0.2, -0.15) is 0 Å². The number of carbonyl (C=O) groups excluding carboxylic acids is 2. The average molecular weight is 419 g/mol. The molecule has 0 aliphatic carbocycles. The highest BCUT2D eigenvalue weighted by atomic mass is 32.2. The number of fused-ring (bicyclic) bond motifs is 1. The van der Waals surface area contributed by atoms with Crippen molar-refractivity contribution in [2.45, 2.75) is 37.3 Å². The largest absolute Gasteiger partial charge is 0.453 e. The normalized spacial score (nSPS) is 14.8. The lowest BCUT2D eigenvalue weighted by Crippen LogP contribution is -2.42. The summed E-state index contributed by atoms with van der Waals surface area (Å²) < 4.78 is 42.5. The van der Waals surface area contributed by atoms with Gasteiger partial charge >= 0.3 is 5.97 Å². The predicted octanol–water partition coefficient (Wildman–Crippen LogP) is 2.51. The fourth-order valence-electron chi connectivity index (χ4n) is 3.22. The van der Waals surface area contributed by atoms with Crippen molar-refractivity contribution in [2.75, 3.05) is 12.3 Å². The van der Waals surface area contributed by atoms with Crippen molar-refractivity contribution >= 4 is 21.7 Å². The Balaban J connectivity index is 1.52. The summed E-state index contributed by atoms with van der Waals surface area (Å²) >= 11 is 0. The lowest BCUT2D eigenvalue weighted by atomic mass is 9.99. The van der Waals surface area contributed by atoms with Gasteiger partial charge in [0.1, 0.15) is 5.82 Å². The van der Waals surface area contributed by atoms with Crippen LogP contribution in [0.25, 0.3) is 0 Å². The fourth-order valence-corrected chi connectivity index (χ4v) is 4.45. The van der Waals surface area contributed by atoms with Gasteiger partial charge in [0, 0.05) is 13.1 Å². The Kier molecular flexibility index (Phi) is 6.32. The van der Waals surface area contributed by atoms with Gasteiger partial charge in [-0.1, -0.05) is 24.3 Å². The SMILES string of the molecule is C[C@@H](OC(=O)CCS(=O)(=O)c1ccc(F)cc1)C(=O)N1CCc2ccccc2C1. The maximum atomic E-state index is 12.9. The van der Waals surface area contributed by atoms with E-state index in [4.69, 9.17) is 4.74 Å². The third-order valence-electron chi connectivity index (χ3n) is 4.85. The second-order valence-corrected chi connectivity index (χ2v) is 9.04. The van der Waals surface area contributed by atoms with Gasteiger partial charge in [-0.25, -0.2) is 12.8 Å². The number of hydrogen-bond acceptors (Lipinski definition) is 5. The van der Waals surface area contributed by atoms with Crippen molar-refractivity contribution in [3.63, 3.8) is 0 Å². The van der Waals surface area contributed by atoms with Crippen molar-refractivity contribution < 1.29 is 27.1 Å². The minimum Gasteiger partial charge on any atom is -0.453 e. The molecule has 2 aromatic carbocycles. The summed E-state index contributed by atoms with van der Waals surface area (Å²) in [6.07, 6.45) is -0.653. The smallest absolute Gasteiger partial charge is 0.307 e. The summed E-state index contributed by atoms with van der Waals surface area (Å²) in [5.74, 6) is -2.10. The molecule has 0 bridgehead atoms. The average Bonchev–Trinajstić information content (AvgIpc) is 2.71. The number of nitrogens with zero attached hydrogens (tertiary/aromatic N) is 1. The molecule has 0 radical (unpaired) electrons. The molecule has 2 aromatic rings. The molecule has 154 valence electrons. The number of carbonyl (C=O) groups is 2. The zero-order chi connectivity index (χ0) is 21.0. The Hall–Kier alpha value is -2.74. The highest BCUT2D eigenvalue weighted by molar-refractivity contribution is 7.91. The monoisotopic (exact) mass is 419 g/mol. The van der Waals surface area contributed by atoms with Gasteiger partial charge in [0.2, 0.25) is 0 Å². The number of ether oxygens (including phenoxy) is 1. The van der Waals surface area contributed by atoms with Crippen molar-refractivity contribution in [2.24, 2.45) is 0 Å². The number of benzene rings is 2. The van der Waals surface area contributed by atoms with E-state index in [1.54, 1.807) is 4.90 Å². The number of rotatable bonds is 6. The maximum absolute atomic E-state index is 12.9. The van der Waals surface area contributed by atoms with E-state index in [0.717, 1.165) is 36.2 Å². The molecule has 1 aliphatic rings. The molecule has 0 saturated carbocycles. The molecule has 3 rings (SSSR count). The van der Waals surface area contributed by atoms with E-state index in [1.807, 2.05) is 24.3 Å². The van der Waals surface area contributed by atoms with Gasteiger partial charge in [-0.15, -0.1) is 0 Å². The van der Waals surface area contributed by atoms with Crippen molar-refractivity contribution in [1.82, 2.24) is 4.90 Å². The molecule has 0 saturated heterocycles. The quantitative estimate of drug-likeness (QED) is 0.531. The minimum atomic E-state index is -3.74. The Morgan fingerprint density at radius 1 is 1.10 bits per heavy atom. The van der Waals surface area contributed by atoms with Crippen LogP contribution in [0.5, 0.6) is 0 Å². The van der Waals surface area contributed by atoms with Gasteiger partial charge in [-0.05, 0) is 48.7 Å². The van der Waals surface area contributed by atoms with Crippen LogP contribution in [-0.4, -0.2) is 43.6 Å². The third kappa shape index (κ3) is 5.20. The third-order valence-corrected chi connectivity index (χ3v) is 6.58. The van der Waals surface area contributed by atoms with E-state index in [9.17, 15) is 22.4 Å². The van der Waals surface area contributed by atoms with Crippen LogP contribution in [0.4, 0.5) is 4.39 Å². The molecule has 8 heteroatoms. The zero-order valence-electron chi connectivity index (χ0n) is 16.0. The van der Waals surface area contributed by atoms with Crippen LogP contribution < -0.4 is 0 Å². The van der Waals surface area contributed by atoms with Crippen molar-refractivity contribution in [3.05, 3.63) is 65.5 Å². The van der Waals surface area contributed by atoms with E-state index in [-0.39, 0.29) is 17.2 Å². The summed E-state index contributed by atoms with van der Waals surface area (Å²) in [7, 11) is -3.74. The number of amides is 1. The molecule has 1 heterocycles. The Bertz CT molecular complexity index is 1000. The van der Waals surface area contributed by atoms with Gasteiger partial charge in [0.05, 0.1) is 17.1 Å². The first-order valence-corrected chi connectivity index (χ1v) is 10.9. The highest BCUT2D eigenvalue weighted by Gasteiger charge is 2.27. The van der Waals surface area contributed by atoms with Gasteiger partial charge in [0.25, 0.3) is 5.91 Å². The van der Waals surface area contributed by atoms with Crippen LogP contribution in [0.1, 0.15) is 24.5 Å². The molecular formula is C21H22FNO5S. The van der Waals surface area contributed by atoms with Crippen molar-refractivity contribution in [1.29, 1.82) is 0 Å². The molecule has 1 atom stereocenters. The summed E-state index contributed by atoms with van der Waals surface area (Å²) in [6, 6.07) is 12.3. The lowest BCUT2D eigenvalue weighted by molar-refractivity contribution is -0.159. The van der Waals surface area contributed by atoms with Crippen molar-refractivity contribution in [3.8, 4) is 0 Å². The molecular weight excluding hydrogens is 397 g/mol. The van der Waals surface area contributed by atoms with E-state index in [0.29, 0.717) is 13.1 Å². The summed E-state index contributed by atoms with van der Waals surface area (Å²) in [5.41, 5.74) is 2.27. The van der Waals surface area contributed by atoms with Crippen LogP contribution >= 0.6 is 0 Å². The topological polar surface area (TPSA) is 80.8 Å². The number of halogens is 1. The van der Waals surface area contributed by atoms with Gasteiger partial charge in [0.15, 0.2) is 15.9 Å². The predicted molar refractivity (Wildman–Crippen MR) is 104 cm³/mol. The molecule has 0 aromatic heterocycles. The molecule has 1 amide bonds. The zero-order valence-corrected chi connectivity index (χ0v) is 16.8.